The van der Waals surface area contributed by atoms with Crippen LogP contribution in [0.25, 0.3) is 11.0 Å². The van der Waals surface area contributed by atoms with E-state index in [0.29, 0.717) is 17.6 Å². The molecule has 10 heteroatoms. The topological polar surface area (TPSA) is 57.5 Å². The molecule has 6 nitrogen and oxygen atoms in total. The van der Waals surface area contributed by atoms with Crippen LogP contribution in [0.15, 0.2) is 42.5 Å². The van der Waals surface area contributed by atoms with Crippen LogP contribution in [0.1, 0.15) is 73.8 Å². The number of benzene rings is 2. The first-order chi connectivity index (χ1) is 18.0. The molecule has 210 valence electrons. The van der Waals surface area contributed by atoms with Gasteiger partial charge in [0.05, 0.1) is 22.2 Å². The van der Waals surface area contributed by atoms with Gasteiger partial charge in [-0.15, -0.1) is 13.2 Å². The van der Waals surface area contributed by atoms with Crippen LogP contribution < -0.4 is 15.5 Å². The highest BCUT2D eigenvalue weighted by Crippen LogP contribution is 2.46. The van der Waals surface area contributed by atoms with E-state index in [1.807, 2.05) is 39.8 Å². The van der Waals surface area contributed by atoms with E-state index < -0.39 is 24.7 Å². The maximum Gasteiger partial charge on any atom is 0.573 e. The Labute approximate surface area is 228 Å². The summed E-state index contributed by atoms with van der Waals surface area (Å²) in [4.78, 5) is 4.97. The zero-order valence-electron chi connectivity index (χ0n) is 23.6. The van der Waals surface area contributed by atoms with Gasteiger partial charge in [0, 0.05) is 11.7 Å². The molecule has 0 radical (unpaired) electrons. The van der Waals surface area contributed by atoms with Crippen LogP contribution in [-0.4, -0.2) is 34.2 Å². The molecule has 0 bridgehead atoms. The van der Waals surface area contributed by atoms with Crippen molar-refractivity contribution in [3.63, 3.8) is 0 Å². The fourth-order valence-corrected chi connectivity index (χ4v) is 6.06. The van der Waals surface area contributed by atoms with Crippen LogP contribution in [-0.2, 0) is 9.31 Å². The number of alkyl halides is 3. The van der Waals surface area contributed by atoms with E-state index in [9.17, 15) is 13.2 Å². The second-order valence-electron chi connectivity index (χ2n) is 12.9. The van der Waals surface area contributed by atoms with Gasteiger partial charge < -0.3 is 23.9 Å². The van der Waals surface area contributed by atoms with Crippen LogP contribution in [0.3, 0.4) is 0 Å². The molecule has 39 heavy (non-hydrogen) atoms. The largest absolute Gasteiger partial charge is 0.573 e. The Kier molecular flexibility index (Phi) is 6.74. The third kappa shape index (κ3) is 5.77. The van der Waals surface area contributed by atoms with Gasteiger partial charge in [-0.3, -0.25) is 0 Å². The normalized spacial score (nSPS) is 24.2. The fourth-order valence-electron chi connectivity index (χ4n) is 6.06. The average Bonchev–Trinajstić information content (AvgIpc) is 3.24. The van der Waals surface area contributed by atoms with Crippen LogP contribution in [0.4, 0.5) is 24.8 Å². The summed E-state index contributed by atoms with van der Waals surface area (Å²) in [6.07, 6.45) is -1.57. The minimum atomic E-state index is -4.73. The van der Waals surface area contributed by atoms with Crippen molar-refractivity contribution < 1.29 is 27.2 Å². The molecule has 3 aromatic rings. The minimum absolute atomic E-state index is 0.176. The van der Waals surface area contributed by atoms with Gasteiger partial charge in [-0.2, -0.15) is 0 Å². The zero-order chi connectivity index (χ0) is 28.4. The van der Waals surface area contributed by atoms with Gasteiger partial charge in [-0.1, -0.05) is 26.8 Å². The van der Waals surface area contributed by atoms with E-state index in [4.69, 9.17) is 14.3 Å². The quantitative estimate of drug-likeness (QED) is 0.341. The van der Waals surface area contributed by atoms with Crippen molar-refractivity contribution in [2.24, 2.45) is 11.3 Å². The maximum absolute atomic E-state index is 12.6. The third-order valence-corrected chi connectivity index (χ3v) is 8.31. The smallest absolute Gasteiger partial charge is 0.406 e. The summed E-state index contributed by atoms with van der Waals surface area (Å²) >= 11 is 0. The highest BCUT2D eigenvalue weighted by atomic mass is 19.4. The van der Waals surface area contributed by atoms with Gasteiger partial charge in [0.2, 0.25) is 5.95 Å². The van der Waals surface area contributed by atoms with Crippen LogP contribution in [0.5, 0.6) is 5.75 Å². The number of nitrogens with one attached hydrogen (secondary N) is 1. The van der Waals surface area contributed by atoms with E-state index in [0.717, 1.165) is 35.8 Å². The predicted octanol–water partition coefficient (Wildman–Crippen LogP) is 7.37. The Morgan fingerprint density at radius 3 is 2.21 bits per heavy atom. The molecule has 2 aromatic carbocycles. The zero-order valence-corrected chi connectivity index (χ0v) is 23.6. The lowest BCUT2D eigenvalue weighted by atomic mass is 9.70. The summed E-state index contributed by atoms with van der Waals surface area (Å²) < 4.78 is 56.7. The summed E-state index contributed by atoms with van der Waals surface area (Å²) in [5.41, 5.74) is 2.57. The molecule has 1 N–H and O–H groups in total. The van der Waals surface area contributed by atoms with Crippen molar-refractivity contribution in [2.45, 2.75) is 91.3 Å². The number of rotatable bonds is 5. The minimum Gasteiger partial charge on any atom is -0.406 e. The first-order valence-electron chi connectivity index (χ1n) is 13.5. The molecule has 0 unspecified atom stereocenters. The number of fused-ring (bicyclic) bond motifs is 1. The van der Waals surface area contributed by atoms with E-state index in [1.165, 1.54) is 12.1 Å². The summed E-state index contributed by atoms with van der Waals surface area (Å²) in [6.45, 7) is 15.0. The Balaban J connectivity index is 1.52. The summed E-state index contributed by atoms with van der Waals surface area (Å²) in [5.74, 6) is 0.929. The van der Waals surface area contributed by atoms with E-state index >= 15 is 0 Å². The molecule has 2 aliphatic rings. The fraction of sp³-hybridized carbons (Fsp3) is 0.552. The van der Waals surface area contributed by atoms with Crippen molar-refractivity contribution in [3.05, 3.63) is 42.5 Å². The number of imidazole rings is 1. The van der Waals surface area contributed by atoms with Crippen LogP contribution in [0.2, 0.25) is 0 Å². The molecule has 1 saturated carbocycles. The number of aromatic nitrogens is 2. The number of hydrogen-bond acceptors (Lipinski definition) is 5. The predicted molar refractivity (Wildman–Crippen MR) is 148 cm³/mol. The van der Waals surface area contributed by atoms with Gasteiger partial charge in [0.25, 0.3) is 0 Å². The lowest BCUT2D eigenvalue weighted by Gasteiger charge is -2.40. The van der Waals surface area contributed by atoms with Gasteiger partial charge in [-0.05, 0) is 100 Å². The second-order valence-corrected chi connectivity index (χ2v) is 12.9. The van der Waals surface area contributed by atoms with E-state index in [-0.39, 0.29) is 17.2 Å². The summed E-state index contributed by atoms with van der Waals surface area (Å²) in [6, 6.07) is 12.1. The highest BCUT2D eigenvalue weighted by molar-refractivity contribution is 6.62. The maximum atomic E-state index is 12.6. The number of ether oxygens (including phenoxy) is 1. The molecule has 1 aliphatic heterocycles. The van der Waals surface area contributed by atoms with Gasteiger partial charge >= 0.3 is 13.5 Å². The Morgan fingerprint density at radius 2 is 1.62 bits per heavy atom. The lowest BCUT2D eigenvalue weighted by Crippen LogP contribution is -2.41. The van der Waals surface area contributed by atoms with Crippen molar-refractivity contribution in [1.29, 1.82) is 0 Å². The molecule has 1 aliphatic carbocycles. The molecule has 0 spiro atoms. The molecule has 1 aromatic heterocycles. The van der Waals surface area contributed by atoms with Crippen molar-refractivity contribution >= 4 is 35.3 Å². The Bertz CT molecular complexity index is 1340. The van der Waals surface area contributed by atoms with E-state index in [1.54, 1.807) is 12.1 Å². The van der Waals surface area contributed by atoms with Gasteiger partial charge in [0.1, 0.15) is 5.75 Å². The summed E-state index contributed by atoms with van der Waals surface area (Å²) in [5, 5.41) is 3.36. The second kappa shape index (κ2) is 9.44. The van der Waals surface area contributed by atoms with Crippen LogP contribution in [0, 0.1) is 11.3 Å². The standard InChI is InChI=1S/C29H37BF3N3O3/c1-18-14-21(17-26(2,3)16-18)36-24-13-8-19(30-38-27(4,5)28(6,7)39-30)15-23(24)35-25(36)34-20-9-11-22(12-10-20)37-29(31,32)33/h8-13,15,18,21H,14,16-17H2,1-7H3,(H,34,35)/t18-,21+/m1/s1. The molecular weight excluding hydrogens is 506 g/mol. The molecule has 2 fully saturated rings. The summed E-state index contributed by atoms with van der Waals surface area (Å²) in [7, 11) is -0.504. The van der Waals surface area contributed by atoms with Gasteiger partial charge in [-0.25, -0.2) is 4.98 Å². The van der Waals surface area contributed by atoms with E-state index in [2.05, 4.69) is 41.5 Å². The first-order valence-corrected chi connectivity index (χ1v) is 13.5. The molecular formula is C29H37BF3N3O3. The number of nitrogens with zero attached hydrogens (tertiary/aromatic N) is 2. The van der Waals surface area contributed by atoms with Crippen molar-refractivity contribution in [2.75, 3.05) is 5.32 Å². The molecule has 2 atom stereocenters. The Morgan fingerprint density at radius 1 is 0.974 bits per heavy atom. The van der Waals surface area contributed by atoms with Crippen molar-refractivity contribution in [1.82, 2.24) is 9.55 Å². The molecule has 0 amide bonds. The lowest BCUT2D eigenvalue weighted by molar-refractivity contribution is -0.274. The SMILES string of the molecule is C[C@@H]1C[C@H](n2c(Nc3ccc(OC(F)(F)F)cc3)nc3cc(B4OC(C)(C)C(C)(C)O4)ccc32)CC(C)(C)C1. The molecule has 5 rings (SSSR count). The number of halogens is 3. The third-order valence-electron chi connectivity index (χ3n) is 8.31. The van der Waals surface area contributed by atoms with Crippen LogP contribution >= 0.6 is 0 Å². The van der Waals surface area contributed by atoms with Crippen molar-refractivity contribution in [3.8, 4) is 5.75 Å². The van der Waals surface area contributed by atoms with Gasteiger partial charge in [0.15, 0.2) is 0 Å². The number of anilines is 2. The highest BCUT2D eigenvalue weighted by Gasteiger charge is 2.51. The Hall–Kier alpha value is -2.72. The number of hydrogen-bond donors (Lipinski definition) is 1. The first kappa shape index (κ1) is 27.8. The average molecular weight is 543 g/mol. The monoisotopic (exact) mass is 543 g/mol. The molecule has 1 saturated heterocycles. The molecule has 2 heterocycles.